The number of aryl methyl sites for hydroxylation is 1. The van der Waals surface area contributed by atoms with E-state index in [2.05, 4.69) is 32.4 Å². The van der Waals surface area contributed by atoms with Crippen LogP contribution in [0.2, 0.25) is 0 Å². The minimum Gasteiger partial charge on any atom is -0.396 e. The standard InChI is InChI=1S/C24H29N7O2/c1-29-14-25-23-20(3-4-21(23)29)28-24(33)18-9-26-31(13-18)12-15-2-5-22(27-19(15)6-7-32)30-10-16-8-17(16)11-30/h2,5,9,13-14,16-17,20,32H,3-4,6-8,10-12H2,1H3,(H,28,33)/t16?,17?,20-/m1/s1. The first-order chi connectivity index (χ1) is 16.1. The average molecular weight is 448 g/mol. The molecule has 3 aliphatic rings. The molecule has 1 amide bonds. The van der Waals surface area contributed by atoms with Gasteiger partial charge in [-0.25, -0.2) is 9.97 Å². The van der Waals surface area contributed by atoms with Crippen molar-refractivity contribution in [3.05, 3.63) is 59.1 Å². The molecule has 9 nitrogen and oxygen atoms in total. The van der Waals surface area contributed by atoms with Crippen molar-refractivity contribution in [1.82, 2.24) is 29.6 Å². The number of carbonyl (C=O) groups excluding carboxylic acids is 1. The van der Waals surface area contributed by atoms with E-state index in [9.17, 15) is 9.90 Å². The highest BCUT2D eigenvalue weighted by Gasteiger charge is 2.45. The van der Waals surface area contributed by atoms with Crippen molar-refractivity contribution >= 4 is 11.7 Å². The number of aliphatic hydroxyl groups excluding tert-OH is 1. The maximum atomic E-state index is 12.8. The summed E-state index contributed by atoms with van der Waals surface area (Å²) in [6, 6.07) is 4.10. The van der Waals surface area contributed by atoms with Crippen molar-refractivity contribution in [3.8, 4) is 0 Å². The topological polar surface area (TPSA) is 101 Å². The number of piperidine rings is 1. The first kappa shape index (κ1) is 20.4. The fourth-order valence-electron chi connectivity index (χ4n) is 5.36. The van der Waals surface area contributed by atoms with Crippen LogP contribution in [0.15, 0.2) is 30.9 Å². The van der Waals surface area contributed by atoms with Crippen LogP contribution in [-0.4, -0.2) is 55.0 Å². The first-order valence-electron chi connectivity index (χ1n) is 11.8. The van der Waals surface area contributed by atoms with Gasteiger partial charge in [-0.05, 0) is 42.7 Å². The molecule has 0 aromatic carbocycles. The summed E-state index contributed by atoms with van der Waals surface area (Å²) in [4.78, 5) is 24.5. The van der Waals surface area contributed by atoms with Gasteiger partial charge in [0.2, 0.25) is 0 Å². The number of pyridine rings is 1. The van der Waals surface area contributed by atoms with E-state index in [4.69, 9.17) is 4.98 Å². The van der Waals surface area contributed by atoms with Crippen LogP contribution in [0.4, 0.5) is 5.82 Å². The average Bonchev–Trinajstić information content (AvgIpc) is 3.28. The number of imidazole rings is 1. The molecule has 6 rings (SSSR count). The van der Waals surface area contributed by atoms with Crippen molar-refractivity contribution in [2.45, 2.75) is 38.3 Å². The quantitative estimate of drug-likeness (QED) is 0.569. The van der Waals surface area contributed by atoms with Crippen LogP contribution in [0.5, 0.6) is 0 Å². The van der Waals surface area contributed by atoms with Crippen LogP contribution in [0.3, 0.4) is 0 Å². The highest BCUT2D eigenvalue weighted by Crippen LogP contribution is 2.46. The van der Waals surface area contributed by atoms with E-state index in [0.29, 0.717) is 18.5 Å². The SMILES string of the molecule is Cn1cnc2c1CC[C@H]2NC(=O)c1cnn(Cc2ccc(N3CC4CC4C3)nc2CCO)c1. The van der Waals surface area contributed by atoms with Gasteiger partial charge in [0.05, 0.1) is 42.1 Å². The lowest BCUT2D eigenvalue weighted by Gasteiger charge is -2.21. The molecular formula is C24H29N7O2. The maximum Gasteiger partial charge on any atom is 0.255 e. The highest BCUT2D eigenvalue weighted by molar-refractivity contribution is 5.94. The zero-order valence-corrected chi connectivity index (χ0v) is 18.8. The number of aromatic nitrogens is 5. The summed E-state index contributed by atoms with van der Waals surface area (Å²) in [5.74, 6) is 2.55. The monoisotopic (exact) mass is 447 g/mol. The van der Waals surface area contributed by atoms with E-state index in [-0.39, 0.29) is 18.6 Å². The fourth-order valence-corrected chi connectivity index (χ4v) is 5.36. The summed E-state index contributed by atoms with van der Waals surface area (Å²) in [7, 11) is 1.99. The van der Waals surface area contributed by atoms with Gasteiger partial charge in [0, 0.05) is 45.1 Å². The number of fused-ring (bicyclic) bond motifs is 2. The molecule has 0 spiro atoms. The van der Waals surface area contributed by atoms with Crippen molar-refractivity contribution in [1.29, 1.82) is 0 Å². The summed E-state index contributed by atoms with van der Waals surface area (Å²) in [6.07, 6.45) is 8.83. The number of carbonyl (C=O) groups is 1. The number of nitrogens with zero attached hydrogens (tertiary/aromatic N) is 6. The molecule has 0 bridgehead atoms. The van der Waals surface area contributed by atoms with E-state index >= 15 is 0 Å². The Bertz CT molecular complexity index is 1190. The third-order valence-electron chi connectivity index (χ3n) is 7.33. The lowest BCUT2D eigenvalue weighted by Crippen LogP contribution is -2.27. The molecule has 2 N–H and O–H groups in total. The predicted octanol–water partition coefficient (Wildman–Crippen LogP) is 1.47. The molecule has 33 heavy (non-hydrogen) atoms. The number of nitrogens with one attached hydrogen (secondary N) is 1. The molecule has 1 saturated heterocycles. The van der Waals surface area contributed by atoms with E-state index in [1.807, 2.05) is 11.6 Å². The zero-order chi connectivity index (χ0) is 22.5. The summed E-state index contributed by atoms with van der Waals surface area (Å²) >= 11 is 0. The van der Waals surface area contributed by atoms with Crippen molar-refractivity contribution in [2.75, 3.05) is 24.6 Å². The van der Waals surface area contributed by atoms with E-state index in [0.717, 1.165) is 60.5 Å². The Morgan fingerprint density at radius 1 is 1.27 bits per heavy atom. The van der Waals surface area contributed by atoms with E-state index in [1.54, 1.807) is 23.4 Å². The lowest BCUT2D eigenvalue weighted by molar-refractivity contribution is 0.0936. The Labute approximate surface area is 192 Å². The van der Waals surface area contributed by atoms with Crippen LogP contribution < -0.4 is 10.2 Å². The third kappa shape index (κ3) is 3.80. The number of amides is 1. The predicted molar refractivity (Wildman–Crippen MR) is 122 cm³/mol. The maximum absolute atomic E-state index is 12.8. The molecule has 2 fully saturated rings. The van der Waals surface area contributed by atoms with Gasteiger partial charge in [-0.3, -0.25) is 9.48 Å². The van der Waals surface area contributed by atoms with Crippen LogP contribution in [-0.2, 0) is 26.4 Å². The molecule has 3 aromatic heterocycles. The molecule has 3 aromatic rings. The Morgan fingerprint density at radius 3 is 2.94 bits per heavy atom. The van der Waals surface area contributed by atoms with Gasteiger partial charge >= 0.3 is 0 Å². The Kier molecular flexibility index (Phi) is 4.94. The fraction of sp³-hybridized carbons (Fsp3) is 0.500. The third-order valence-corrected chi connectivity index (χ3v) is 7.33. The molecule has 0 radical (unpaired) electrons. The Morgan fingerprint density at radius 2 is 2.12 bits per heavy atom. The first-order valence-corrected chi connectivity index (χ1v) is 11.8. The van der Waals surface area contributed by atoms with E-state index in [1.165, 1.54) is 12.1 Å². The minimum absolute atomic E-state index is 0.0539. The van der Waals surface area contributed by atoms with Gasteiger partial charge in [0.1, 0.15) is 5.82 Å². The zero-order valence-electron chi connectivity index (χ0n) is 18.8. The second-order valence-electron chi connectivity index (χ2n) is 9.59. The Hall–Kier alpha value is -3.20. The van der Waals surface area contributed by atoms with Crippen LogP contribution in [0.1, 0.15) is 51.9 Å². The molecule has 1 saturated carbocycles. The van der Waals surface area contributed by atoms with Crippen molar-refractivity contribution in [3.63, 3.8) is 0 Å². The summed E-state index contributed by atoms with van der Waals surface area (Å²) < 4.78 is 3.79. The number of hydrogen-bond acceptors (Lipinski definition) is 6. The summed E-state index contributed by atoms with van der Waals surface area (Å²) in [6.45, 7) is 2.75. The molecule has 172 valence electrons. The van der Waals surface area contributed by atoms with Crippen LogP contribution >= 0.6 is 0 Å². The highest BCUT2D eigenvalue weighted by atomic mass is 16.3. The minimum atomic E-state index is -0.138. The van der Waals surface area contributed by atoms with Gasteiger partial charge in [0.25, 0.3) is 5.91 Å². The summed E-state index contributed by atoms with van der Waals surface area (Å²) in [5.41, 5.74) is 4.60. The molecule has 2 unspecified atom stereocenters. The number of anilines is 1. The van der Waals surface area contributed by atoms with E-state index < -0.39 is 0 Å². The molecule has 4 heterocycles. The second-order valence-corrected chi connectivity index (χ2v) is 9.59. The van der Waals surface area contributed by atoms with Crippen molar-refractivity contribution in [2.24, 2.45) is 18.9 Å². The van der Waals surface area contributed by atoms with Gasteiger partial charge in [-0.15, -0.1) is 0 Å². The normalized spacial score (nSPS) is 23.0. The van der Waals surface area contributed by atoms with Gasteiger partial charge in [-0.1, -0.05) is 6.07 Å². The van der Waals surface area contributed by atoms with Crippen LogP contribution in [0, 0.1) is 11.8 Å². The molecular weight excluding hydrogens is 418 g/mol. The lowest BCUT2D eigenvalue weighted by atomic mass is 10.1. The van der Waals surface area contributed by atoms with Gasteiger partial charge < -0.3 is 19.9 Å². The molecule has 1 aliphatic heterocycles. The largest absolute Gasteiger partial charge is 0.396 e. The van der Waals surface area contributed by atoms with Crippen molar-refractivity contribution < 1.29 is 9.90 Å². The number of aliphatic hydroxyl groups is 1. The van der Waals surface area contributed by atoms with Crippen LogP contribution in [0.25, 0.3) is 0 Å². The smallest absolute Gasteiger partial charge is 0.255 e. The summed E-state index contributed by atoms with van der Waals surface area (Å²) in [5, 5.41) is 17.1. The molecule has 9 heteroatoms. The Balaban J connectivity index is 1.14. The van der Waals surface area contributed by atoms with Gasteiger partial charge in [0.15, 0.2) is 0 Å². The molecule has 3 atom stereocenters. The second kappa shape index (κ2) is 7.98. The van der Waals surface area contributed by atoms with Gasteiger partial charge in [-0.2, -0.15) is 5.10 Å². The molecule has 2 aliphatic carbocycles. The number of hydrogen-bond donors (Lipinski definition) is 2. The number of rotatable bonds is 7.